The summed E-state index contributed by atoms with van der Waals surface area (Å²) in [5.74, 6) is 0.692. The Hall–Kier alpha value is -2.14. The summed E-state index contributed by atoms with van der Waals surface area (Å²) in [4.78, 5) is 23.1. The highest BCUT2D eigenvalue weighted by Crippen LogP contribution is 2.23. The first-order chi connectivity index (χ1) is 9.88. The summed E-state index contributed by atoms with van der Waals surface area (Å²) in [7, 11) is 1.48. The van der Waals surface area contributed by atoms with Crippen molar-refractivity contribution in [3.63, 3.8) is 0 Å². The number of carbonyl (C=O) groups is 1. The number of halogens is 1. The van der Waals surface area contributed by atoms with Crippen LogP contribution in [0.25, 0.3) is 11.3 Å². The quantitative estimate of drug-likeness (QED) is 0.815. The van der Waals surface area contributed by atoms with Crippen LogP contribution in [0.5, 0.6) is 5.75 Å². The summed E-state index contributed by atoms with van der Waals surface area (Å²) in [5, 5.41) is 3.35. The second-order valence-electron chi connectivity index (χ2n) is 4.84. The van der Waals surface area contributed by atoms with E-state index in [2.05, 4.69) is 5.10 Å². The molecular formula is C15H15ClN2O3. The number of aryl methyl sites for hydroxylation is 1. The molecule has 0 atom stereocenters. The van der Waals surface area contributed by atoms with Gasteiger partial charge in [0.2, 0.25) is 0 Å². The van der Waals surface area contributed by atoms with Crippen molar-refractivity contribution < 1.29 is 9.53 Å². The minimum Gasteiger partial charge on any atom is -0.491 e. The van der Waals surface area contributed by atoms with Crippen LogP contribution in [0.4, 0.5) is 0 Å². The smallest absolute Gasteiger partial charge is 0.278 e. The van der Waals surface area contributed by atoms with Crippen molar-refractivity contribution in [3.05, 3.63) is 46.2 Å². The van der Waals surface area contributed by atoms with Gasteiger partial charge in [-0.3, -0.25) is 9.59 Å². The Labute approximate surface area is 127 Å². The monoisotopic (exact) mass is 306 g/mol. The van der Waals surface area contributed by atoms with Crippen LogP contribution < -0.4 is 10.3 Å². The van der Waals surface area contributed by atoms with Crippen molar-refractivity contribution in [3.8, 4) is 17.0 Å². The minimum absolute atomic E-state index is 0.0494. The molecule has 0 saturated heterocycles. The van der Waals surface area contributed by atoms with Gasteiger partial charge >= 0.3 is 0 Å². The van der Waals surface area contributed by atoms with E-state index in [4.69, 9.17) is 16.3 Å². The topological polar surface area (TPSA) is 61.2 Å². The fourth-order valence-corrected chi connectivity index (χ4v) is 2.03. The second kappa shape index (κ2) is 6.10. The van der Waals surface area contributed by atoms with Crippen LogP contribution in [0.1, 0.15) is 24.2 Å². The van der Waals surface area contributed by atoms with Gasteiger partial charge in [-0.1, -0.05) is 12.1 Å². The fraction of sp³-hybridized carbons (Fsp3) is 0.267. The van der Waals surface area contributed by atoms with E-state index in [1.807, 2.05) is 32.0 Å². The Bertz CT molecular complexity index is 738. The Morgan fingerprint density at radius 2 is 2.05 bits per heavy atom. The van der Waals surface area contributed by atoms with Crippen LogP contribution in [0, 0.1) is 0 Å². The lowest BCUT2D eigenvalue weighted by Gasteiger charge is -2.11. The van der Waals surface area contributed by atoms with Gasteiger partial charge in [-0.15, -0.1) is 0 Å². The van der Waals surface area contributed by atoms with Crippen molar-refractivity contribution in [2.75, 3.05) is 0 Å². The van der Waals surface area contributed by atoms with E-state index >= 15 is 0 Å². The van der Waals surface area contributed by atoms with Gasteiger partial charge in [-0.25, -0.2) is 4.68 Å². The van der Waals surface area contributed by atoms with Gasteiger partial charge in [-0.05, 0) is 43.6 Å². The molecule has 1 aromatic heterocycles. The molecule has 0 bridgehead atoms. The number of hydrogen-bond acceptors (Lipinski definition) is 4. The Morgan fingerprint density at radius 3 is 2.67 bits per heavy atom. The SMILES string of the molecule is CC(C)Oc1cccc(-c2cc(C(=O)Cl)c(=O)n(C)n2)c1. The van der Waals surface area contributed by atoms with Crippen LogP contribution in [-0.4, -0.2) is 21.1 Å². The number of rotatable bonds is 4. The standard InChI is InChI=1S/C15H15ClN2O3/c1-9(2)21-11-6-4-5-10(7-11)13-8-12(14(16)19)15(20)18(3)17-13/h4-9H,1-3H3. The highest BCUT2D eigenvalue weighted by atomic mass is 35.5. The summed E-state index contributed by atoms with van der Waals surface area (Å²) < 4.78 is 6.72. The minimum atomic E-state index is -0.797. The zero-order valence-electron chi connectivity index (χ0n) is 12.0. The first-order valence-electron chi connectivity index (χ1n) is 6.43. The number of nitrogens with zero attached hydrogens (tertiary/aromatic N) is 2. The summed E-state index contributed by atoms with van der Waals surface area (Å²) >= 11 is 5.44. The van der Waals surface area contributed by atoms with E-state index in [0.29, 0.717) is 11.4 Å². The number of aromatic nitrogens is 2. The van der Waals surface area contributed by atoms with E-state index in [-0.39, 0.29) is 11.7 Å². The molecule has 110 valence electrons. The van der Waals surface area contributed by atoms with E-state index < -0.39 is 10.8 Å². The first kappa shape index (κ1) is 15.3. The van der Waals surface area contributed by atoms with Crippen molar-refractivity contribution in [2.45, 2.75) is 20.0 Å². The average Bonchev–Trinajstić information content (AvgIpc) is 2.41. The molecule has 0 aliphatic rings. The molecular weight excluding hydrogens is 292 g/mol. The van der Waals surface area contributed by atoms with Gasteiger partial charge in [0.05, 0.1) is 11.8 Å². The maximum atomic E-state index is 11.8. The van der Waals surface area contributed by atoms with Gasteiger partial charge in [0.15, 0.2) is 0 Å². The lowest BCUT2D eigenvalue weighted by molar-refractivity contribution is 0.107. The van der Waals surface area contributed by atoms with Crippen molar-refractivity contribution in [2.24, 2.45) is 7.05 Å². The molecule has 6 heteroatoms. The highest BCUT2D eigenvalue weighted by molar-refractivity contribution is 6.67. The third-order valence-electron chi connectivity index (χ3n) is 2.78. The molecule has 0 aliphatic carbocycles. The largest absolute Gasteiger partial charge is 0.491 e. The Balaban J connectivity index is 2.52. The second-order valence-corrected chi connectivity index (χ2v) is 5.18. The molecule has 1 heterocycles. The average molecular weight is 307 g/mol. The molecule has 1 aromatic carbocycles. The molecule has 0 amide bonds. The van der Waals surface area contributed by atoms with Crippen molar-refractivity contribution >= 4 is 16.8 Å². The Kier molecular flexibility index (Phi) is 4.43. The molecule has 0 aliphatic heterocycles. The first-order valence-corrected chi connectivity index (χ1v) is 6.81. The molecule has 0 radical (unpaired) electrons. The third-order valence-corrected chi connectivity index (χ3v) is 2.98. The van der Waals surface area contributed by atoms with Crippen LogP contribution in [0.2, 0.25) is 0 Å². The van der Waals surface area contributed by atoms with Gasteiger partial charge in [0, 0.05) is 12.6 Å². The zero-order valence-corrected chi connectivity index (χ0v) is 12.7. The molecule has 2 rings (SSSR count). The number of benzene rings is 1. The zero-order chi connectivity index (χ0) is 15.6. The lowest BCUT2D eigenvalue weighted by Crippen LogP contribution is -2.25. The van der Waals surface area contributed by atoms with E-state index in [1.165, 1.54) is 13.1 Å². The van der Waals surface area contributed by atoms with Gasteiger partial charge < -0.3 is 4.74 Å². The molecule has 0 unspecified atom stereocenters. The van der Waals surface area contributed by atoms with Gasteiger partial charge in [0.1, 0.15) is 11.3 Å². The molecule has 0 spiro atoms. The summed E-state index contributed by atoms with van der Waals surface area (Å²) in [6, 6.07) is 8.67. The van der Waals surface area contributed by atoms with Crippen LogP contribution >= 0.6 is 11.6 Å². The lowest BCUT2D eigenvalue weighted by atomic mass is 10.1. The molecule has 21 heavy (non-hydrogen) atoms. The van der Waals surface area contributed by atoms with E-state index in [0.717, 1.165) is 10.2 Å². The fourth-order valence-electron chi connectivity index (χ4n) is 1.89. The Morgan fingerprint density at radius 1 is 1.33 bits per heavy atom. The normalized spacial score (nSPS) is 10.7. The maximum absolute atomic E-state index is 11.8. The summed E-state index contributed by atoms with van der Waals surface area (Å²) in [6.45, 7) is 3.86. The molecule has 0 fully saturated rings. The molecule has 5 nitrogen and oxygen atoms in total. The molecule has 0 N–H and O–H groups in total. The van der Waals surface area contributed by atoms with Gasteiger partial charge in [-0.2, -0.15) is 5.10 Å². The van der Waals surface area contributed by atoms with Crippen LogP contribution in [0.3, 0.4) is 0 Å². The number of ether oxygens (including phenoxy) is 1. The van der Waals surface area contributed by atoms with E-state index in [9.17, 15) is 9.59 Å². The molecule has 2 aromatic rings. The third kappa shape index (κ3) is 3.49. The van der Waals surface area contributed by atoms with Crippen LogP contribution in [0.15, 0.2) is 35.1 Å². The van der Waals surface area contributed by atoms with Crippen LogP contribution in [-0.2, 0) is 7.05 Å². The predicted molar refractivity (Wildman–Crippen MR) is 80.9 cm³/mol. The number of hydrogen-bond donors (Lipinski definition) is 0. The maximum Gasteiger partial charge on any atom is 0.278 e. The summed E-state index contributed by atoms with van der Waals surface area (Å²) in [5.41, 5.74) is 0.603. The van der Waals surface area contributed by atoms with Crippen molar-refractivity contribution in [1.82, 2.24) is 9.78 Å². The summed E-state index contributed by atoms with van der Waals surface area (Å²) in [6.07, 6.45) is 0.0494. The highest BCUT2D eigenvalue weighted by Gasteiger charge is 2.13. The van der Waals surface area contributed by atoms with E-state index in [1.54, 1.807) is 6.07 Å². The predicted octanol–water partition coefficient (Wildman–Crippen LogP) is 2.61. The number of carbonyl (C=O) groups excluding carboxylic acids is 1. The molecule has 0 saturated carbocycles. The van der Waals surface area contributed by atoms with Crippen molar-refractivity contribution in [1.29, 1.82) is 0 Å². The van der Waals surface area contributed by atoms with Gasteiger partial charge in [0.25, 0.3) is 10.8 Å².